The zero-order valence-electron chi connectivity index (χ0n) is 9.96. The van der Waals surface area contributed by atoms with Crippen LogP contribution in [-0.4, -0.2) is 15.1 Å². The second-order valence-corrected chi connectivity index (χ2v) is 4.74. The number of hydrogen-bond acceptors (Lipinski definition) is 1. The number of aromatic nitrogens is 2. The second-order valence-electron chi connectivity index (χ2n) is 4.09. The molecule has 1 atom stereocenters. The van der Waals surface area contributed by atoms with Crippen LogP contribution in [0.1, 0.15) is 38.6 Å². The molecule has 15 heavy (non-hydrogen) atoms. The van der Waals surface area contributed by atoms with Crippen molar-refractivity contribution in [3.63, 3.8) is 0 Å². The van der Waals surface area contributed by atoms with Crippen LogP contribution in [0.25, 0.3) is 0 Å². The zero-order valence-corrected chi connectivity index (χ0v) is 11.5. The number of nitrogens with zero attached hydrogens (tertiary/aromatic N) is 2. The number of aryl methyl sites for hydroxylation is 3. The molecular formula is C12H21BrN2. The summed E-state index contributed by atoms with van der Waals surface area (Å²) in [6.07, 6.45) is 3.42. The van der Waals surface area contributed by atoms with E-state index < -0.39 is 0 Å². The van der Waals surface area contributed by atoms with E-state index in [1.54, 1.807) is 0 Å². The summed E-state index contributed by atoms with van der Waals surface area (Å²) in [5.74, 6) is 0.746. The van der Waals surface area contributed by atoms with Crippen LogP contribution < -0.4 is 0 Å². The summed E-state index contributed by atoms with van der Waals surface area (Å²) in [5.41, 5.74) is 2.61. The van der Waals surface area contributed by atoms with Gasteiger partial charge in [0.2, 0.25) is 0 Å². The highest BCUT2D eigenvalue weighted by molar-refractivity contribution is 9.09. The smallest absolute Gasteiger partial charge is 0.0624 e. The van der Waals surface area contributed by atoms with Crippen LogP contribution in [0.15, 0.2) is 6.07 Å². The molecule has 0 bridgehead atoms. The van der Waals surface area contributed by atoms with Gasteiger partial charge in [0.05, 0.1) is 5.69 Å². The minimum Gasteiger partial charge on any atom is -0.270 e. The number of rotatable bonds is 6. The second kappa shape index (κ2) is 6.31. The Balaban J connectivity index is 2.62. The van der Waals surface area contributed by atoms with E-state index in [4.69, 9.17) is 0 Å². The summed E-state index contributed by atoms with van der Waals surface area (Å²) in [6, 6.07) is 2.25. The van der Waals surface area contributed by atoms with Crippen LogP contribution in [0.5, 0.6) is 0 Å². The van der Waals surface area contributed by atoms with Gasteiger partial charge in [-0.2, -0.15) is 5.10 Å². The zero-order chi connectivity index (χ0) is 11.3. The van der Waals surface area contributed by atoms with E-state index in [2.05, 4.69) is 52.5 Å². The van der Waals surface area contributed by atoms with Crippen molar-refractivity contribution >= 4 is 15.9 Å². The highest BCUT2D eigenvalue weighted by Crippen LogP contribution is 2.13. The fraction of sp³-hybridized carbons (Fsp3) is 0.750. The summed E-state index contributed by atoms with van der Waals surface area (Å²) in [5, 5.41) is 5.65. The quantitative estimate of drug-likeness (QED) is 0.726. The van der Waals surface area contributed by atoms with Gasteiger partial charge in [-0.05, 0) is 38.2 Å². The van der Waals surface area contributed by atoms with Crippen LogP contribution in [0, 0.1) is 5.92 Å². The SMILES string of the molecule is CCc1cc(CCC(C)CBr)n(CC)n1. The molecule has 0 fully saturated rings. The van der Waals surface area contributed by atoms with Gasteiger partial charge in [-0.25, -0.2) is 0 Å². The van der Waals surface area contributed by atoms with Gasteiger partial charge in [-0.15, -0.1) is 0 Å². The molecule has 0 saturated carbocycles. The van der Waals surface area contributed by atoms with Crippen molar-refractivity contribution in [1.82, 2.24) is 9.78 Å². The summed E-state index contributed by atoms with van der Waals surface area (Å²) in [4.78, 5) is 0. The number of alkyl halides is 1. The highest BCUT2D eigenvalue weighted by Gasteiger charge is 2.07. The Hall–Kier alpha value is -0.310. The molecule has 3 heteroatoms. The standard InChI is InChI=1S/C12H21BrN2/c1-4-11-8-12(15(5-2)14-11)7-6-10(3)9-13/h8,10H,4-7,9H2,1-3H3. The predicted molar refractivity (Wildman–Crippen MR) is 68.6 cm³/mol. The minimum atomic E-state index is 0.746. The third-order valence-corrected chi connectivity index (χ3v) is 3.84. The molecule has 0 amide bonds. The number of hydrogen-bond donors (Lipinski definition) is 0. The lowest BCUT2D eigenvalue weighted by atomic mass is 10.1. The molecule has 0 spiro atoms. The van der Waals surface area contributed by atoms with Crippen LogP contribution in [0.2, 0.25) is 0 Å². The Morgan fingerprint density at radius 2 is 2.20 bits per heavy atom. The van der Waals surface area contributed by atoms with Crippen LogP contribution in [-0.2, 0) is 19.4 Å². The normalized spacial score (nSPS) is 13.1. The lowest BCUT2D eigenvalue weighted by Crippen LogP contribution is -2.05. The maximum Gasteiger partial charge on any atom is 0.0624 e. The van der Waals surface area contributed by atoms with Gasteiger partial charge < -0.3 is 0 Å². The fourth-order valence-electron chi connectivity index (χ4n) is 1.63. The summed E-state index contributed by atoms with van der Waals surface area (Å²) in [6.45, 7) is 7.58. The van der Waals surface area contributed by atoms with Crippen molar-refractivity contribution in [3.8, 4) is 0 Å². The van der Waals surface area contributed by atoms with Gasteiger partial charge in [-0.3, -0.25) is 4.68 Å². The first kappa shape index (κ1) is 12.8. The first-order valence-electron chi connectivity index (χ1n) is 5.82. The number of halogens is 1. The maximum atomic E-state index is 4.56. The molecule has 1 aromatic rings. The van der Waals surface area contributed by atoms with E-state index >= 15 is 0 Å². The van der Waals surface area contributed by atoms with Gasteiger partial charge in [0.25, 0.3) is 0 Å². The lowest BCUT2D eigenvalue weighted by molar-refractivity contribution is 0.553. The maximum absolute atomic E-state index is 4.56. The van der Waals surface area contributed by atoms with Gasteiger partial charge in [0, 0.05) is 17.6 Å². The van der Waals surface area contributed by atoms with E-state index in [-0.39, 0.29) is 0 Å². The lowest BCUT2D eigenvalue weighted by Gasteiger charge is -2.08. The Kier molecular flexibility index (Phi) is 5.37. The molecule has 0 saturated heterocycles. The van der Waals surface area contributed by atoms with E-state index in [0.717, 1.165) is 30.6 Å². The van der Waals surface area contributed by atoms with E-state index in [0.29, 0.717) is 0 Å². The molecule has 0 aliphatic carbocycles. The predicted octanol–water partition coefficient (Wildman–Crippen LogP) is 3.43. The molecule has 0 aliphatic rings. The average molecular weight is 273 g/mol. The first-order valence-corrected chi connectivity index (χ1v) is 6.94. The summed E-state index contributed by atoms with van der Waals surface area (Å²) in [7, 11) is 0. The van der Waals surface area contributed by atoms with Crippen molar-refractivity contribution in [2.45, 2.75) is 46.6 Å². The third-order valence-electron chi connectivity index (χ3n) is 2.73. The average Bonchev–Trinajstić information content (AvgIpc) is 2.68. The van der Waals surface area contributed by atoms with Crippen LogP contribution >= 0.6 is 15.9 Å². The van der Waals surface area contributed by atoms with E-state index in [9.17, 15) is 0 Å². The Morgan fingerprint density at radius 1 is 1.47 bits per heavy atom. The summed E-state index contributed by atoms with van der Waals surface area (Å²) < 4.78 is 2.14. The monoisotopic (exact) mass is 272 g/mol. The van der Waals surface area contributed by atoms with Crippen molar-refractivity contribution in [2.75, 3.05) is 5.33 Å². The largest absolute Gasteiger partial charge is 0.270 e. The van der Waals surface area contributed by atoms with Crippen LogP contribution in [0.4, 0.5) is 0 Å². The third kappa shape index (κ3) is 3.63. The molecule has 1 rings (SSSR count). The molecule has 0 N–H and O–H groups in total. The first-order chi connectivity index (χ1) is 7.21. The topological polar surface area (TPSA) is 17.8 Å². The van der Waals surface area contributed by atoms with Gasteiger partial charge in [0.1, 0.15) is 0 Å². The molecule has 1 aromatic heterocycles. The van der Waals surface area contributed by atoms with Gasteiger partial charge in [-0.1, -0.05) is 29.8 Å². The molecule has 1 unspecified atom stereocenters. The van der Waals surface area contributed by atoms with Gasteiger partial charge >= 0.3 is 0 Å². The highest BCUT2D eigenvalue weighted by atomic mass is 79.9. The molecule has 86 valence electrons. The van der Waals surface area contributed by atoms with Gasteiger partial charge in [0.15, 0.2) is 0 Å². The van der Waals surface area contributed by atoms with Crippen molar-refractivity contribution in [3.05, 3.63) is 17.5 Å². The van der Waals surface area contributed by atoms with Crippen LogP contribution in [0.3, 0.4) is 0 Å². The molecule has 0 aromatic carbocycles. The van der Waals surface area contributed by atoms with Crippen molar-refractivity contribution in [1.29, 1.82) is 0 Å². The molecule has 1 heterocycles. The molecule has 0 aliphatic heterocycles. The van der Waals surface area contributed by atoms with Crippen molar-refractivity contribution < 1.29 is 0 Å². The molecular weight excluding hydrogens is 252 g/mol. The Bertz CT molecular complexity index is 294. The molecule has 0 radical (unpaired) electrons. The Morgan fingerprint density at radius 3 is 2.73 bits per heavy atom. The van der Waals surface area contributed by atoms with E-state index in [1.165, 1.54) is 17.8 Å². The van der Waals surface area contributed by atoms with Crippen molar-refractivity contribution in [2.24, 2.45) is 5.92 Å². The molecule has 2 nitrogen and oxygen atoms in total. The Labute approximate surface area is 101 Å². The minimum absolute atomic E-state index is 0.746. The van der Waals surface area contributed by atoms with E-state index in [1.807, 2.05) is 0 Å². The fourth-order valence-corrected chi connectivity index (χ4v) is 1.96. The summed E-state index contributed by atoms with van der Waals surface area (Å²) >= 11 is 3.52.